The first-order valence-electron chi connectivity index (χ1n) is 6.50. The van der Waals surface area contributed by atoms with Crippen LogP contribution >= 0.6 is 0 Å². The number of hydrogen-bond donors (Lipinski definition) is 3. The van der Waals surface area contributed by atoms with Crippen LogP contribution in [0.2, 0.25) is 0 Å². The zero-order valence-electron chi connectivity index (χ0n) is 11.2. The highest BCUT2D eigenvalue weighted by Gasteiger charge is 2.14. The van der Waals surface area contributed by atoms with Crippen LogP contribution in [0.1, 0.15) is 0 Å². The number of nitrogens with one attached hydrogen (secondary N) is 3. The molecule has 20 heavy (non-hydrogen) atoms. The van der Waals surface area contributed by atoms with Gasteiger partial charge in [-0.1, -0.05) is 24.3 Å². The minimum Gasteiger partial charge on any atom is -0.497 e. The molecule has 2 aromatic carbocycles. The molecule has 0 aromatic heterocycles. The molecule has 1 unspecified atom stereocenters. The van der Waals surface area contributed by atoms with Gasteiger partial charge in [-0.3, -0.25) is 0 Å². The Morgan fingerprint density at radius 1 is 0.900 bits per heavy atom. The van der Waals surface area contributed by atoms with Gasteiger partial charge < -0.3 is 9.47 Å². The molecule has 2 aromatic rings. The van der Waals surface area contributed by atoms with E-state index in [2.05, 4.69) is 16.4 Å². The summed E-state index contributed by atoms with van der Waals surface area (Å²) in [6.07, 6.45) is -0.0539. The molecule has 1 saturated heterocycles. The number of hydrogen-bond acceptors (Lipinski definition) is 5. The van der Waals surface area contributed by atoms with E-state index in [1.807, 2.05) is 48.5 Å². The van der Waals surface area contributed by atoms with Gasteiger partial charge in [0.15, 0.2) is 6.23 Å². The van der Waals surface area contributed by atoms with Crippen LogP contribution in [0.25, 0.3) is 11.1 Å². The first-order valence-corrected chi connectivity index (χ1v) is 6.50. The van der Waals surface area contributed by atoms with Crippen molar-refractivity contribution in [3.63, 3.8) is 0 Å². The second-order valence-electron chi connectivity index (χ2n) is 4.51. The summed E-state index contributed by atoms with van der Waals surface area (Å²) in [5.41, 5.74) is 11.0. The van der Waals surface area contributed by atoms with Crippen LogP contribution in [0.3, 0.4) is 0 Å². The predicted octanol–water partition coefficient (Wildman–Crippen LogP) is 1.68. The van der Waals surface area contributed by atoms with Crippen LogP contribution in [0.4, 0.5) is 0 Å². The number of methoxy groups -OCH3 is 1. The Bertz CT molecular complexity index is 548. The molecule has 5 heteroatoms. The fourth-order valence-corrected chi connectivity index (χ4v) is 2.07. The predicted molar refractivity (Wildman–Crippen MR) is 77.1 cm³/mol. The van der Waals surface area contributed by atoms with E-state index >= 15 is 0 Å². The summed E-state index contributed by atoms with van der Waals surface area (Å²) in [5, 5.41) is 0. The molecule has 0 spiro atoms. The molecule has 1 heterocycles. The first kappa shape index (κ1) is 12.9. The largest absolute Gasteiger partial charge is 0.497 e. The Morgan fingerprint density at radius 2 is 1.50 bits per heavy atom. The Balaban J connectivity index is 1.71. The average molecular weight is 271 g/mol. The van der Waals surface area contributed by atoms with Crippen molar-refractivity contribution in [2.24, 2.45) is 0 Å². The molecule has 0 bridgehead atoms. The minimum absolute atomic E-state index is 0.0539. The van der Waals surface area contributed by atoms with Crippen LogP contribution < -0.4 is 25.9 Å². The third-order valence-electron chi connectivity index (χ3n) is 3.17. The molecule has 0 saturated carbocycles. The van der Waals surface area contributed by atoms with Crippen molar-refractivity contribution in [2.75, 3.05) is 13.7 Å². The van der Waals surface area contributed by atoms with Crippen molar-refractivity contribution in [2.45, 2.75) is 6.23 Å². The summed E-state index contributed by atoms with van der Waals surface area (Å²) in [6, 6.07) is 16.0. The molecule has 0 radical (unpaired) electrons. The molecule has 104 valence electrons. The summed E-state index contributed by atoms with van der Waals surface area (Å²) < 4.78 is 10.9. The molecule has 5 nitrogen and oxygen atoms in total. The maximum Gasteiger partial charge on any atom is 0.177 e. The van der Waals surface area contributed by atoms with E-state index in [4.69, 9.17) is 9.47 Å². The molecule has 1 atom stereocenters. The number of rotatable bonds is 4. The van der Waals surface area contributed by atoms with Crippen LogP contribution in [-0.4, -0.2) is 19.9 Å². The normalized spacial score (nSPS) is 17.9. The fourth-order valence-electron chi connectivity index (χ4n) is 2.07. The van der Waals surface area contributed by atoms with Gasteiger partial charge in [-0.05, 0) is 35.4 Å². The van der Waals surface area contributed by atoms with Crippen molar-refractivity contribution in [1.82, 2.24) is 16.4 Å². The highest BCUT2D eigenvalue weighted by Crippen LogP contribution is 2.24. The van der Waals surface area contributed by atoms with E-state index in [-0.39, 0.29) is 6.23 Å². The number of benzene rings is 2. The second-order valence-corrected chi connectivity index (χ2v) is 4.51. The van der Waals surface area contributed by atoms with Crippen LogP contribution in [0.5, 0.6) is 11.5 Å². The average Bonchev–Trinajstić information content (AvgIpc) is 3.01. The van der Waals surface area contributed by atoms with Crippen molar-refractivity contribution in [1.29, 1.82) is 0 Å². The van der Waals surface area contributed by atoms with Crippen molar-refractivity contribution < 1.29 is 9.47 Å². The number of hydrazine groups is 2. The van der Waals surface area contributed by atoms with Gasteiger partial charge in [0.1, 0.15) is 11.5 Å². The quantitative estimate of drug-likeness (QED) is 0.790. The smallest absolute Gasteiger partial charge is 0.177 e. The lowest BCUT2D eigenvalue weighted by Crippen LogP contribution is -2.36. The summed E-state index contributed by atoms with van der Waals surface area (Å²) >= 11 is 0. The summed E-state index contributed by atoms with van der Waals surface area (Å²) in [6.45, 7) is 0.722. The molecule has 1 aliphatic heterocycles. The summed E-state index contributed by atoms with van der Waals surface area (Å²) in [7, 11) is 1.67. The van der Waals surface area contributed by atoms with Gasteiger partial charge in [-0.25, -0.2) is 10.9 Å². The molecular formula is C15H17N3O2. The van der Waals surface area contributed by atoms with E-state index in [1.165, 1.54) is 0 Å². The Hall–Kier alpha value is -2.08. The third-order valence-corrected chi connectivity index (χ3v) is 3.17. The minimum atomic E-state index is -0.0539. The zero-order chi connectivity index (χ0) is 13.8. The van der Waals surface area contributed by atoms with E-state index < -0.39 is 0 Å². The van der Waals surface area contributed by atoms with Gasteiger partial charge in [-0.2, -0.15) is 5.53 Å². The highest BCUT2D eigenvalue weighted by molar-refractivity contribution is 5.64. The maximum atomic E-state index is 5.75. The highest BCUT2D eigenvalue weighted by atomic mass is 16.5. The third kappa shape index (κ3) is 2.91. The molecular weight excluding hydrogens is 254 g/mol. The van der Waals surface area contributed by atoms with Crippen molar-refractivity contribution in [3.8, 4) is 22.6 Å². The molecule has 3 N–H and O–H groups in total. The van der Waals surface area contributed by atoms with Crippen LogP contribution in [0.15, 0.2) is 48.5 Å². The molecule has 1 aliphatic rings. The lowest BCUT2D eigenvalue weighted by molar-refractivity contribution is 0.191. The summed E-state index contributed by atoms with van der Waals surface area (Å²) in [5.74, 6) is 1.70. The fraction of sp³-hybridized carbons (Fsp3) is 0.200. The SMILES string of the molecule is COc1ccc(-c2ccc(OC3CNNN3)cc2)cc1. The van der Waals surface area contributed by atoms with E-state index in [0.717, 1.165) is 29.2 Å². The lowest BCUT2D eigenvalue weighted by Gasteiger charge is -2.12. The molecule has 0 aliphatic carbocycles. The summed E-state index contributed by atoms with van der Waals surface area (Å²) in [4.78, 5) is 0. The van der Waals surface area contributed by atoms with E-state index in [1.54, 1.807) is 7.11 Å². The molecule has 0 amide bonds. The van der Waals surface area contributed by atoms with Gasteiger partial charge in [-0.15, -0.1) is 0 Å². The van der Waals surface area contributed by atoms with Crippen molar-refractivity contribution in [3.05, 3.63) is 48.5 Å². The van der Waals surface area contributed by atoms with Gasteiger partial charge in [0.05, 0.1) is 13.7 Å². The van der Waals surface area contributed by atoms with Gasteiger partial charge in [0.25, 0.3) is 0 Å². The van der Waals surface area contributed by atoms with Gasteiger partial charge in [0.2, 0.25) is 0 Å². The first-order chi connectivity index (χ1) is 9.85. The number of ether oxygens (including phenoxy) is 2. The lowest BCUT2D eigenvalue weighted by atomic mass is 10.1. The van der Waals surface area contributed by atoms with E-state index in [0.29, 0.717) is 0 Å². The van der Waals surface area contributed by atoms with E-state index in [9.17, 15) is 0 Å². The Morgan fingerprint density at radius 3 is 2.00 bits per heavy atom. The van der Waals surface area contributed by atoms with Gasteiger partial charge >= 0.3 is 0 Å². The molecule has 3 rings (SSSR count). The van der Waals surface area contributed by atoms with Crippen LogP contribution in [-0.2, 0) is 0 Å². The van der Waals surface area contributed by atoms with Crippen molar-refractivity contribution >= 4 is 0 Å². The second kappa shape index (κ2) is 5.92. The van der Waals surface area contributed by atoms with Crippen LogP contribution in [0, 0.1) is 0 Å². The van der Waals surface area contributed by atoms with Gasteiger partial charge in [0, 0.05) is 0 Å². The standard InChI is InChI=1S/C15H17N3O2/c1-19-13-6-2-11(3-7-13)12-4-8-14(9-5-12)20-15-10-16-18-17-15/h2-9,15-18H,10H2,1H3. The maximum absolute atomic E-state index is 5.75. The Labute approximate surface area is 117 Å². The monoisotopic (exact) mass is 271 g/mol. The topological polar surface area (TPSA) is 54.6 Å². The zero-order valence-corrected chi connectivity index (χ0v) is 11.2. The Kier molecular flexibility index (Phi) is 3.83. The molecule has 1 fully saturated rings.